The molecule has 1 aliphatic rings. The molecule has 45 heavy (non-hydrogen) atoms. The predicted octanol–water partition coefficient (Wildman–Crippen LogP) is 7.62. The summed E-state index contributed by atoms with van der Waals surface area (Å²) in [5.74, 6) is -0.402. The molecule has 258 valence electrons. The number of hydrogen-bond acceptors (Lipinski definition) is 8. The van der Waals surface area contributed by atoms with Gasteiger partial charge in [0, 0.05) is 12.3 Å². The standard InChI is InChI=1S/C32H56O9S2Si2/c1-24-17-14-15-19-27(24)43(36,37)39-28(40-44(10,11)30(3,4)5)20-22-38-23-25(2)26-18-16-21-32(9,29(26)42(33,34)35)41-45(12,13)31(6,7)8/h14-19,21,25,28-29H,20,22-23H2,1-13H3,(H,33,34,35). The molecule has 0 saturated heterocycles. The molecule has 0 aromatic heterocycles. The maximum absolute atomic E-state index is 13.3. The first-order valence-corrected chi connectivity index (χ1v) is 24.2. The summed E-state index contributed by atoms with van der Waals surface area (Å²) in [5, 5.41) is -1.68. The monoisotopic (exact) mass is 704 g/mol. The minimum atomic E-state index is -4.55. The molecule has 1 aromatic rings. The molecule has 1 aliphatic carbocycles. The maximum Gasteiger partial charge on any atom is 0.299 e. The molecule has 2 rings (SSSR count). The second-order valence-corrected chi connectivity index (χ2v) is 27.9. The van der Waals surface area contributed by atoms with E-state index in [9.17, 15) is 21.4 Å². The molecule has 4 atom stereocenters. The van der Waals surface area contributed by atoms with E-state index in [2.05, 4.69) is 41.5 Å². The van der Waals surface area contributed by atoms with Crippen molar-refractivity contribution in [3.63, 3.8) is 0 Å². The van der Waals surface area contributed by atoms with Crippen LogP contribution in [0.1, 0.15) is 67.4 Å². The van der Waals surface area contributed by atoms with E-state index in [1.807, 2.05) is 33.1 Å². The molecule has 0 spiro atoms. The summed E-state index contributed by atoms with van der Waals surface area (Å²) < 4.78 is 87.4. The molecule has 0 amide bonds. The summed E-state index contributed by atoms with van der Waals surface area (Å²) in [5.41, 5.74) is -0.218. The molecule has 0 heterocycles. The van der Waals surface area contributed by atoms with Crippen molar-refractivity contribution >= 4 is 36.9 Å². The van der Waals surface area contributed by atoms with E-state index < -0.39 is 59.9 Å². The van der Waals surface area contributed by atoms with Gasteiger partial charge in [0.25, 0.3) is 20.2 Å². The zero-order valence-corrected chi connectivity index (χ0v) is 33.1. The van der Waals surface area contributed by atoms with E-state index in [0.717, 1.165) is 0 Å². The first-order valence-electron chi connectivity index (χ1n) is 15.4. The fourth-order valence-corrected chi connectivity index (χ4v) is 10.3. The topological polar surface area (TPSA) is 125 Å². The molecule has 0 radical (unpaired) electrons. The van der Waals surface area contributed by atoms with Crippen LogP contribution in [0.4, 0.5) is 0 Å². The predicted molar refractivity (Wildman–Crippen MR) is 185 cm³/mol. The number of rotatable bonds is 14. The van der Waals surface area contributed by atoms with Gasteiger partial charge in [0.15, 0.2) is 22.9 Å². The molecule has 4 unspecified atom stereocenters. The van der Waals surface area contributed by atoms with Gasteiger partial charge in [-0.3, -0.25) is 4.55 Å². The van der Waals surface area contributed by atoms with Crippen molar-refractivity contribution in [1.29, 1.82) is 0 Å². The molecule has 13 heteroatoms. The summed E-state index contributed by atoms with van der Waals surface area (Å²) in [7, 11) is -13.5. The van der Waals surface area contributed by atoms with Crippen LogP contribution in [0.3, 0.4) is 0 Å². The first-order chi connectivity index (χ1) is 20.1. The lowest BCUT2D eigenvalue weighted by molar-refractivity contribution is -0.0290. The third-order valence-electron chi connectivity index (χ3n) is 9.38. The van der Waals surface area contributed by atoms with Gasteiger partial charge in [-0.15, -0.1) is 0 Å². The van der Waals surface area contributed by atoms with Crippen molar-refractivity contribution in [3.05, 3.63) is 53.6 Å². The van der Waals surface area contributed by atoms with Crippen molar-refractivity contribution in [1.82, 2.24) is 0 Å². The zero-order chi connectivity index (χ0) is 34.9. The quantitative estimate of drug-likeness (QED) is 0.0684. The van der Waals surface area contributed by atoms with Crippen molar-refractivity contribution in [2.75, 3.05) is 13.2 Å². The highest BCUT2D eigenvalue weighted by Crippen LogP contribution is 2.44. The Balaban J connectivity index is 2.24. The van der Waals surface area contributed by atoms with Crippen LogP contribution in [-0.4, -0.2) is 68.4 Å². The number of aryl methyl sites for hydroxylation is 1. The SMILES string of the molecule is Cc1ccccc1S(=O)(=O)OC(CCOCC(C)C1=CC=CC(C)(O[Si](C)(C)C(C)(C)C)C1S(=O)(=O)O)O[Si](C)(C)C(C)(C)C. The Hall–Kier alpha value is -1.17. The second-order valence-electron chi connectivity index (χ2n) is 15.4. The second kappa shape index (κ2) is 14.1. The normalized spacial score (nSPS) is 21.8. The van der Waals surface area contributed by atoms with Crippen LogP contribution in [-0.2, 0) is 38.0 Å². The van der Waals surface area contributed by atoms with E-state index in [1.54, 1.807) is 50.3 Å². The molecule has 0 bridgehead atoms. The maximum atomic E-state index is 13.3. The Bertz CT molecular complexity index is 1450. The highest BCUT2D eigenvalue weighted by molar-refractivity contribution is 7.87. The lowest BCUT2D eigenvalue weighted by Crippen LogP contribution is -2.56. The fraction of sp³-hybridized carbons (Fsp3) is 0.688. The molecule has 9 nitrogen and oxygen atoms in total. The lowest BCUT2D eigenvalue weighted by Gasteiger charge is -2.47. The summed E-state index contributed by atoms with van der Waals surface area (Å²) in [4.78, 5) is 0.0832. The van der Waals surface area contributed by atoms with E-state index in [4.69, 9.17) is 17.8 Å². The molecule has 1 aromatic carbocycles. The summed E-state index contributed by atoms with van der Waals surface area (Å²) in [6.45, 7) is 26.0. The van der Waals surface area contributed by atoms with Crippen LogP contribution in [0.2, 0.25) is 36.3 Å². The van der Waals surface area contributed by atoms with Gasteiger partial charge >= 0.3 is 0 Å². The molecule has 1 N–H and O–H groups in total. The summed E-state index contributed by atoms with van der Waals surface area (Å²) >= 11 is 0. The van der Waals surface area contributed by atoms with Gasteiger partial charge in [-0.25, -0.2) is 4.18 Å². The number of ether oxygens (including phenoxy) is 1. The zero-order valence-electron chi connectivity index (χ0n) is 29.4. The van der Waals surface area contributed by atoms with Crippen molar-refractivity contribution in [2.45, 2.75) is 127 Å². The van der Waals surface area contributed by atoms with Gasteiger partial charge in [-0.1, -0.05) is 84.9 Å². The highest BCUT2D eigenvalue weighted by Gasteiger charge is 2.51. The van der Waals surface area contributed by atoms with Gasteiger partial charge in [-0.05, 0) is 67.3 Å². The van der Waals surface area contributed by atoms with Crippen molar-refractivity contribution in [2.24, 2.45) is 5.92 Å². The van der Waals surface area contributed by atoms with Crippen molar-refractivity contribution in [3.8, 4) is 0 Å². The van der Waals surface area contributed by atoms with Gasteiger partial charge in [0.1, 0.15) is 5.25 Å². The van der Waals surface area contributed by atoms with E-state index in [0.29, 0.717) is 11.1 Å². The van der Waals surface area contributed by atoms with E-state index >= 15 is 0 Å². The smallest absolute Gasteiger partial charge is 0.299 e. The third-order valence-corrected chi connectivity index (χ3v) is 21.2. The highest BCUT2D eigenvalue weighted by atomic mass is 32.2. The molecule has 0 saturated carbocycles. The third kappa shape index (κ3) is 10.2. The number of allylic oxidation sites excluding steroid dienone is 2. The molecular weight excluding hydrogens is 649 g/mol. The summed E-state index contributed by atoms with van der Waals surface area (Å²) in [6, 6.07) is 6.63. The van der Waals surface area contributed by atoms with Gasteiger partial charge in [0.05, 0.1) is 23.7 Å². The van der Waals surface area contributed by atoms with Crippen LogP contribution in [0.5, 0.6) is 0 Å². The van der Waals surface area contributed by atoms with E-state index in [-0.39, 0.29) is 34.6 Å². The van der Waals surface area contributed by atoms with Crippen LogP contribution in [0.25, 0.3) is 0 Å². The molecule has 0 aliphatic heterocycles. The van der Waals surface area contributed by atoms with Crippen LogP contribution in [0, 0.1) is 12.8 Å². The summed E-state index contributed by atoms with van der Waals surface area (Å²) in [6.07, 6.45) is 4.24. The molecular formula is C32H56O9S2Si2. The largest absolute Gasteiger partial charge is 0.406 e. The minimum Gasteiger partial charge on any atom is -0.406 e. The van der Waals surface area contributed by atoms with Crippen LogP contribution >= 0.6 is 0 Å². The van der Waals surface area contributed by atoms with Gasteiger partial charge in [0.2, 0.25) is 0 Å². The Morgan fingerprint density at radius 2 is 1.51 bits per heavy atom. The fourth-order valence-electron chi connectivity index (χ4n) is 4.73. The van der Waals surface area contributed by atoms with Gasteiger partial charge < -0.3 is 13.6 Å². The van der Waals surface area contributed by atoms with Crippen LogP contribution in [0.15, 0.2) is 53.0 Å². The van der Waals surface area contributed by atoms with Crippen molar-refractivity contribution < 1.29 is 39.2 Å². The van der Waals surface area contributed by atoms with Crippen LogP contribution < -0.4 is 0 Å². The average Bonchev–Trinajstić information content (AvgIpc) is 2.83. The lowest BCUT2D eigenvalue weighted by atomic mass is 9.85. The number of hydrogen-bond donors (Lipinski definition) is 1. The Morgan fingerprint density at radius 3 is 2.02 bits per heavy atom. The van der Waals surface area contributed by atoms with E-state index in [1.165, 1.54) is 6.07 Å². The Morgan fingerprint density at radius 1 is 0.956 bits per heavy atom. The molecule has 0 fully saturated rings. The minimum absolute atomic E-state index is 0.0832. The Kier molecular flexibility index (Phi) is 12.6. The van der Waals surface area contributed by atoms with Gasteiger partial charge in [-0.2, -0.15) is 16.8 Å². The first kappa shape index (κ1) is 40.0. The average molecular weight is 705 g/mol. The Labute approximate surface area is 274 Å². The number of benzene rings is 1.